The highest BCUT2D eigenvalue weighted by Crippen LogP contribution is 2.23. The van der Waals surface area contributed by atoms with Crippen LogP contribution in [0.5, 0.6) is 0 Å². The molecule has 0 aliphatic rings. The molecule has 1 aromatic rings. The van der Waals surface area contributed by atoms with E-state index >= 15 is 0 Å². The molecule has 12 heavy (non-hydrogen) atoms. The largest absolute Gasteiger partial charge is 0.102 e. The van der Waals surface area contributed by atoms with Crippen LogP contribution in [-0.4, -0.2) is 0 Å². The smallest absolute Gasteiger partial charge is 0.0162 e. The van der Waals surface area contributed by atoms with E-state index in [1.807, 2.05) is 6.08 Å². The Morgan fingerprint density at radius 1 is 1.50 bits per heavy atom. The highest BCUT2D eigenvalue weighted by Gasteiger charge is 2.05. The van der Waals surface area contributed by atoms with E-state index in [-0.39, 0.29) is 5.92 Å². The minimum atomic E-state index is 0.208. The molecule has 0 heterocycles. The summed E-state index contributed by atoms with van der Waals surface area (Å²) in [6.07, 6.45) is 1.87. The van der Waals surface area contributed by atoms with Crippen LogP contribution >= 0.6 is 22.6 Å². The molecule has 1 radical (unpaired) electrons. The lowest BCUT2D eigenvalue weighted by Crippen LogP contribution is -1.94. The number of hydrogen-bond acceptors (Lipinski definition) is 0. The average molecular weight is 271 g/mol. The lowest BCUT2D eigenvalue weighted by Gasteiger charge is -2.10. The monoisotopic (exact) mass is 271 g/mol. The molecule has 0 N–H and O–H groups in total. The van der Waals surface area contributed by atoms with Gasteiger partial charge in [-0.1, -0.05) is 18.2 Å². The molecule has 1 heteroatoms. The first kappa shape index (κ1) is 9.78. The van der Waals surface area contributed by atoms with Crippen LogP contribution in [0.4, 0.5) is 0 Å². The van der Waals surface area contributed by atoms with Gasteiger partial charge in [0.15, 0.2) is 0 Å². The van der Waals surface area contributed by atoms with Crippen LogP contribution in [0.25, 0.3) is 0 Å². The van der Waals surface area contributed by atoms with Gasteiger partial charge in [-0.25, -0.2) is 0 Å². The molecular weight excluding hydrogens is 259 g/mol. The summed E-state index contributed by atoms with van der Waals surface area (Å²) in [5, 5.41) is 0. The molecule has 1 unspecified atom stereocenters. The molecule has 0 nitrogen and oxygen atoms in total. The predicted octanol–water partition coefficient (Wildman–Crippen LogP) is 3.70. The molecule has 1 atom stereocenters. The Bertz CT molecular complexity index is 289. The summed E-state index contributed by atoms with van der Waals surface area (Å²) >= 11 is 2.34. The van der Waals surface area contributed by atoms with Gasteiger partial charge in [0, 0.05) is 9.49 Å². The van der Waals surface area contributed by atoms with E-state index in [4.69, 9.17) is 0 Å². The first-order valence-corrected chi connectivity index (χ1v) is 4.95. The molecule has 0 aromatic heterocycles. The fraction of sp³-hybridized carbons (Fsp3) is 0.182. The zero-order chi connectivity index (χ0) is 9.14. The first-order valence-electron chi connectivity index (χ1n) is 3.87. The van der Waals surface area contributed by atoms with Crippen molar-refractivity contribution < 1.29 is 0 Å². The molecule has 0 aliphatic heterocycles. The summed E-state index contributed by atoms with van der Waals surface area (Å²) < 4.78 is 1.29. The first-order chi connectivity index (χ1) is 5.66. The van der Waals surface area contributed by atoms with E-state index in [1.165, 1.54) is 14.7 Å². The summed E-state index contributed by atoms with van der Waals surface area (Å²) in [5.74, 6) is 0.208. The number of allylic oxidation sites excluding steroid dienone is 1. The fourth-order valence-electron chi connectivity index (χ4n) is 1.15. The normalized spacial score (nSPS) is 12.6. The van der Waals surface area contributed by atoms with Gasteiger partial charge in [-0.15, -0.1) is 6.58 Å². The molecule has 63 valence electrons. The van der Waals surface area contributed by atoms with Crippen molar-refractivity contribution in [3.63, 3.8) is 0 Å². The van der Waals surface area contributed by atoms with E-state index in [0.717, 1.165) is 0 Å². The molecule has 0 saturated carbocycles. The predicted molar refractivity (Wildman–Crippen MR) is 62.2 cm³/mol. The Hall–Kier alpha value is -0.310. The van der Waals surface area contributed by atoms with Crippen LogP contribution < -0.4 is 0 Å². The summed E-state index contributed by atoms with van der Waals surface area (Å²) in [5.41, 5.74) is 2.59. The number of halogens is 1. The van der Waals surface area contributed by atoms with E-state index < -0.39 is 0 Å². The van der Waals surface area contributed by atoms with Crippen molar-refractivity contribution in [1.29, 1.82) is 0 Å². The molecule has 1 rings (SSSR count). The third kappa shape index (κ3) is 1.89. The third-order valence-corrected chi connectivity index (χ3v) is 3.16. The van der Waals surface area contributed by atoms with Gasteiger partial charge in [-0.3, -0.25) is 0 Å². The summed E-state index contributed by atoms with van der Waals surface area (Å²) in [7, 11) is 0. The Kier molecular flexibility index (Phi) is 3.32. The fourth-order valence-corrected chi connectivity index (χ4v) is 1.67. The quantitative estimate of drug-likeness (QED) is 0.568. The van der Waals surface area contributed by atoms with Gasteiger partial charge in [0.05, 0.1) is 0 Å². The lowest BCUT2D eigenvalue weighted by molar-refractivity contribution is 1.05. The van der Waals surface area contributed by atoms with E-state index in [1.54, 1.807) is 0 Å². The standard InChI is InChI=1S/C11H12I/c1-4-8(2)10-6-5-7-11(12)9(10)3/h4-8H,1-2H2,3H3. The number of rotatable bonds is 2. The van der Waals surface area contributed by atoms with Crippen LogP contribution in [0.2, 0.25) is 0 Å². The Balaban J connectivity index is 3.15. The Morgan fingerprint density at radius 2 is 2.17 bits per heavy atom. The van der Waals surface area contributed by atoms with Gasteiger partial charge >= 0.3 is 0 Å². The van der Waals surface area contributed by atoms with Gasteiger partial charge in [0.1, 0.15) is 0 Å². The molecule has 1 aromatic carbocycles. The van der Waals surface area contributed by atoms with Crippen LogP contribution in [0.3, 0.4) is 0 Å². The zero-order valence-corrected chi connectivity index (χ0v) is 9.34. The van der Waals surface area contributed by atoms with Gasteiger partial charge in [0.25, 0.3) is 0 Å². The van der Waals surface area contributed by atoms with E-state index in [0.29, 0.717) is 0 Å². The third-order valence-electron chi connectivity index (χ3n) is 1.99. The summed E-state index contributed by atoms with van der Waals surface area (Å²) in [6, 6.07) is 6.28. The number of benzene rings is 1. The number of hydrogen-bond donors (Lipinski definition) is 0. The van der Waals surface area contributed by atoms with Gasteiger partial charge < -0.3 is 0 Å². The zero-order valence-electron chi connectivity index (χ0n) is 7.18. The van der Waals surface area contributed by atoms with Crippen molar-refractivity contribution in [2.24, 2.45) is 0 Å². The van der Waals surface area contributed by atoms with Crippen LogP contribution in [0.15, 0.2) is 30.9 Å². The topological polar surface area (TPSA) is 0 Å². The SMILES string of the molecule is [CH2]C(C=C)c1cccc(I)c1C. The van der Waals surface area contributed by atoms with Crippen molar-refractivity contribution in [2.45, 2.75) is 12.8 Å². The molecule has 0 bridgehead atoms. The van der Waals surface area contributed by atoms with Gasteiger partial charge in [-0.2, -0.15) is 0 Å². The molecule has 0 spiro atoms. The molecule has 0 fully saturated rings. The van der Waals surface area contributed by atoms with Gasteiger partial charge in [0.2, 0.25) is 0 Å². The Morgan fingerprint density at radius 3 is 2.75 bits per heavy atom. The molecule has 0 amide bonds. The second-order valence-corrected chi connectivity index (χ2v) is 3.96. The van der Waals surface area contributed by atoms with Crippen molar-refractivity contribution in [3.8, 4) is 0 Å². The van der Waals surface area contributed by atoms with Crippen molar-refractivity contribution in [1.82, 2.24) is 0 Å². The highest BCUT2D eigenvalue weighted by molar-refractivity contribution is 14.1. The lowest BCUT2D eigenvalue weighted by atomic mass is 9.97. The minimum absolute atomic E-state index is 0.208. The molecular formula is C11H12I. The second-order valence-electron chi connectivity index (χ2n) is 2.80. The minimum Gasteiger partial charge on any atom is -0.102 e. The maximum absolute atomic E-state index is 4.01. The summed E-state index contributed by atoms with van der Waals surface area (Å²) in [6.45, 7) is 9.87. The van der Waals surface area contributed by atoms with Crippen molar-refractivity contribution in [3.05, 3.63) is 52.5 Å². The van der Waals surface area contributed by atoms with Crippen LogP contribution in [0.1, 0.15) is 17.0 Å². The molecule has 0 aliphatic carbocycles. The maximum atomic E-state index is 4.01. The highest BCUT2D eigenvalue weighted by atomic mass is 127. The summed E-state index contributed by atoms with van der Waals surface area (Å²) in [4.78, 5) is 0. The van der Waals surface area contributed by atoms with Crippen LogP contribution in [0, 0.1) is 17.4 Å². The van der Waals surface area contributed by atoms with Crippen LogP contribution in [-0.2, 0) is 0 Å². The van der Waals surface area contributed by atoms with E-state index in [2.05, 4.69) is 61.2 Å². The maximum Gasteiger partial charge on any atom is 0.0162 e. The van der Waals surface area contributed by atoms with Crippen molar-refractivity contribution in [2.75, 3.05) is 0 Å². The Labute approximate surface area is 87.8 Å². The average Bonchev–Trinajstić information content (AvgIpc) is 2.08. The second kappa shape index (κ2) is 4.08. The van der Waals surface area contributed by atoms with Crippen molar-refractivity contribution >= 4 is 22.6 Å². The van der Waals surface area contributed by atoms with Gasteiger partial charge in [-0.05, 0) is 53.6 Å². The molecule has 0 saturated heterocycles. The van der Waals surface area contributed by atoms with E-state index in [9.17, 15) is 0 Å².